The van der Waals surface area contributed by atoms with Gasteiger partial charge < -0.3 is 10.6 Å². The van der Waals surface area contributed by atoms with Gasteiger partial charge in [0.1, 0.15) is 5.56 Å². The minimum Gasteiger partial charge on any atom is -0.348 e. The van der Waals surface area contributed by atoms with Crippen molar-refractivity contribution in [2.75, 3.05) is 5.32 Å². The monoisotopic (exact) mass is 437 g/mol. The quantitative estimate of drug-likeness (QED) is 0.471. The van der Waals surface area contributed by atoms with Crippen LogP contribution in [0.25, 0.3) is 5.69 Å². The van der Waals surface area contributed by atoms with Crippen molar-refractivity contribution in [2.45, 2.75) is 13.5 Å². The van der Waals surface area contributed by atoms with Crippen LogP contribution in [0, 0.1) is 6.92 Å². The average Bonchev–Trinajstić information content (AvgIpc) is 2.85. The molecular weight excluding hydrogens is 414 g/mol. The first-order valence-electron chi connectivity index (χ1n) is 10.5. The van der Waals surface area contributed by atoms with Gasteiger partial charge in [-0.2, -0.15) is 0 Å². The Morgan fingerprint density at radius 3 is 2.18 bits per heavy atom. The zero-order valence-corrected chi connectivity index (χ0v) is 18.1. The fourth-order valence-corrected chi connectivity index (χ4v) is 3.35. The van der Waals surface area contributed by atoms with Crippen molar-refractivity contribution < 1.29 is 9.59 Å². The molecule has 0 saturated carbocycles. The Kier molecular flexibility index (Phi) is 6.45. The van der Waals surface area contributed by atoms with Gasteiger partial charge in [0.05, 0.1) is 0 Å². The molecule has 0 atom stereocenters. The van der Waals surface area contributed by atoms with Crippen LogP contribution < -0.4 is 16.2 Å². The molecule has 6 nitrogen and oxygen atoms in total. The van der Waals surface area contributed by atoms with Gasteiger partial charge in [-0.25, -0.2) is 0 Å². The van der Waals surface area contributed by atoms with Gasteiger partial charge in [-0.05, 0) is 61.0 Å². The van der Waals surface area contributed by atoms with Crippen LogP contribution in [-0.4, -0.2) is 16.4 Å². The number of aromatic nitrogens is 1. The normalized spacial score (nSPS) is 10.5. The van der Waals surface area contributed by atoms with Crippen molar-refractivity contribution in [1.82, 2.24) is 9.88 Å². The highest BCUT2D eigenvalue weighted by Gasteiger charge is 2.13. The maximum absolute atomic E-state index is 12.9. The lowest BCUT2D eigenvalue weighted by atomic mass is 10.1. The van der Waals surface area contributed by atoms with E-state index in [1.165, 1.54) is 10.6 Å². The molecule has 33 heavy (non-hydrogen) atoms. The van der Waals surface area contributed by atoms with Gasteiger partial charge in [0.25, 0.3) is 17.4 Å². The zero-order valence-electron chi connectivity index (χ0n) is 18.1. The second-order valence-electron chi connectivity index (χ2n) is 7.63. The van der Waals surface area contributed by atoms with Crippen LogP contribution in [0.15, 0.2) is 102 Å². The smallest absolute Gasteiger partial charge is 0.267 e. The first-order chi connectivity index (χ1) is 16.0. The molecule has 0 fully saturated rings. The molecule has 164 valence electrons. The van der Waals surface area contributed by atoms with Gasteiger partial charge in [-0.1, -0.05) is 48.0 Å². The minimum atomic E-state index is -0.429. The number of amides is 2. The Morgan fingerprint density at radius 2 is 1.48 bits per heavy atom. The lowest BCUT2D eigenvalue weighted by molar-refractivity contribution is 0.0948. The Labute approximate surface area is 191 Å². The largest absolute Gasteiger partial charge is 0.348 e. The number of rotatable bonds is 6. The molecule has 0 saturated heterocycles. The topological polar surface area (TPSA) is 80.2 Å². The van der Waals surface area contributed by atoms with E-state index in [0.717, 1.165) is 11.1 Å². The van der Waals surface area contributed by atoms with Gasteiger partial charge >= 0.3 is 0 Å². The van der Waals surface area contributed by atoms with Crippen LogP contribution in [-0.2, 0) is 6.54 Å². The van der Waals surface area contributed by atoms with Crippen molar-refractivity contribution in [3.63, 3.8) is 0 Å². The highest BCUT2D eigenvalue weighted by atomic mass is 16.2. The van der Waals surface area contributed by atoms with Gasteiger partial charge in [0, 0.05) is 29.7 Å². The average molecular weight is 437 g/mol. The van der Waals surface area contributed by atoms with E-state index >= 15 is 0 Å². The van der Waals surface area contributed by atoms with Crippen LogP contribution in [0.2, 0.25) is 0 Å². The Morgan fingerprint density at radius 1 is 0.788 bits per heavy atom. The maximum Gasteiger partial charge on any atom is 0.267 e. The number of carbonyl (C=O) groups excluding carboxylic acids is 2. The SMILES string of the molecule is Cc1ccc(CNC(=O)c2cccn(-c3ccc(NC(=O)c4ccccc4)cc3)c2=O)cc1. The molecule has 6 heteroatoms. The summed E-state index contributed by atoms with van der Waals surface area (Å²) in [6.07, 6.45) is 1.61. The van der Waals surface area contributed by atoms with Crippen LogP contribution in [0.3, 0.4) is 0 Å². The molecule has 0 aliphatic rings. The van der Waals surface area contributed by atoms with E-state index in [9.17, 15) is 14.4 Å². The number of anilines is 1. The van der Waals surface area contributed by atoms with Crippen molar-refractivity contribution in [1.29, 1.82) is 0 Å². The standard InChI is InChI=1S/C27H23N3O3/c1-19-9-11-20(12-10-19)18-28-26(32)24-8-5-17-30(27(24)33)23-15-13-22(14-16-23)29-25(31)21-6-3-2-4-7-21/h2-17H,18H2,1H3,(H,28,32)(H,29,31). The molecule has 0 aliphatic heterocycles. The number of hydrogen-bond acceptors (Lipinski definition) is 3. The molecule has 0 unspecified atom stereocenters. The van der Waals surface area contributed by atoms with Crippen molar-refractivity contribution >= 4 is 17.5 Å². The summed E-state index contributed by atoms with van der Waals surface area (Å²) in [5, 5.41) is 5.63. The number of nitrogens with zero attached hydrogens (tertiary/aromatic N) is 1. The van der Waals surface area contributed by atoms with Crippen molar-refractivity contribution in [3.05, 3.63) is 130 Å². The van der Waals surface area contributed by atoms with E-state index in [1.807, 2.05) is 37.3 Å². The Bertz CT molecular complexity index is 1330. The fraction of sp³-hybridized carbons (Fsp3) is 0.0741. The summed E-state index contributed by atoms with van der Waals surface area (Å²) in [5.41, 5.74) is 3.49. The lowest BCUT2D eigenvalue weighted by Gasteiger charge is -2.10. The predicted octanol–water partition coefficient (Wildman–Crippen LogP) is 4.33. The molecule has 2 N–H and O–H groups in total. The third-order valence-electron chi connectivity index (χ3n) is 5.20. The second kappa shape index (κ2) is 9.78. The number of carbonyl (C=O) groups is 2. The molecule has 0 bridgehead atoms. The van der Waals surface area contributed by atoms with Gasteiger partial charge in [-0.3, -0.25) is 19.0 Å². The van der Waals surface area contributed by atoms with Gasteiger partial charge in [0.2, 0.25) is 0 Å². The van der Waals surface area contributed by atoms with E-state index in [4.69, 9.17) is 0 Å². The van der Waals surface area contributed by atoms with E-state index in [1.54, 1.807) is 60.8 Å². The summed E-state index contributed by atoms with van der Waals surface area (Å²) in [5.74, 6) is -0.644. The highest BCUT2D eigenvalue weighted by molar-refractivity contribution is 6.04. The molecule has 0 radical (unpaired) electrons. The summed E-state index contributed by atoms with van der Waals surface area (Å²) in [6, 6.07) is 26.8. The third-order valence-corrected chi connectivity index (χ3v) is 5.20. The summed E-state index contributed by atoms with van der Waals surface area (Å²) in [6.45, 7) is 2.34. The van der Waals surface area contributed by atoms with Crippen LogP contribution in [0.4, 0.5) is 5.69 Å². The molecule has 0 aliphatic carbocycles. The Balaban J connectivity index is 1.47. The number of aryl methyl sites for hydroxylation is 1. The van der Waals surface area contributed by atoms with Crippen molar-refractivity contribution in [3.8, 4) is 5.69 Å². The molecule has 4 aromatic rings. The minimum absolute atomic E-state index is 0.0612. The van der Waals surface area contributed by atoms with E-state index in [-0.39, 0.29) is 11.5 Å². The molecule has 1 aromatic heterocycles. The molecular formula is C27H23N3O3. The zero-order chi connectivity index (χ0) is 23.2. The molecule has 3 aromatic carbocycles. The number of nitrogens with one attached hydrogen (secondary N) is 2. The maximum atomic E-state index is 12.9. The van der Waals surface area contributed by atoms with Crippen LogP contribution >= 0.6 is 0 Å². The predicted molar refractivity (Wildman–Crippen MR) is 129 cm³/mol. The third kappa shape index (κ3) is 5.25. The first kappa shape index (κ1) is 21.8. The van der Waals surface area contributed by atoms with Gasteiger partial charge in [-0.15, -0.1) is 0 Å². The van der Waals surface area contributed by atoms with E-state index < -0.39 is 11.5 Å². The Hall–Kier alpha value is -4.45. The summed E-state index contributed by atoms with van der Waals surface area (Å²) < 4.78 is 1.41. The van der Waals surface area contributed by atoms with E-state index in [2.05, 4.69) is 10.6 Å². The fourth-order valence-electron chi connectivity index (χ4n) is 3.35. The summed E-state index contributed by atoms with van der Waals surface area (Å²) in [4.78, 5) is 37.9. The number of pyridine rings is 1. The first-order valence-corrected chi connectivity index (χ1v) is 10.5. The number of hydrogen-bond donors (Lipinski definition) is 2. The van der Waals surface area contributed by atoms with Crippen molar-refractivity contribution in [2.24, 2.45) is 0 Å². The molecule has 1 heterocycles. The summed E-state index contributed by atoms with van der Waals surface area (Å²) in [7, 11) is 0. The van der Waals surface area contributed by atoms with Gasteiger partial charge in [0.15, 0.2) is 0 Å². The summed E-state index contributed by atoms with van der Waals surface area (Å²) >= 11 is 0. The molecule has 4 rings (SSSR count). The second-order valence-corrected chi connectivity index (χ2v) is 7.63. The van der Waals surface area contributed by atoms with Crippen LogP contribution in [0.1, 0.15) is 31.8 Å². The van der Waals surface area contributed by atoms with E-state index in [0.29, 0.717) is 23.5 Å². The van der Waals surface area contributed by atoms with Crippen LogP contribution in [0.5, 0.6) is 0 Å². The molecule has 2 amide bonds. The lowest BCUT2D eigenvalue weighted by Crippen LogP contribution is -2.31. The number of benzene rings is 3. The molecule has 0 spiro atoms. The highest BCUT2D eigenvalue weighted by Crippen LogP contribution is 2.14.